The first kappa shape index (κ1) is 17.1. The van der Waals surface area contributed by atoms with Gasteiger partial charge in [-0.3, -0.25) is 14.4 Å². The Bertz CT molecular complexity index is 912. The van der Waals surface area contributed by atoms with E-state index in [0.29, 0.717) is 17.2 Å². The minimum atomic E-state index is -0.819. The number of rotatable bonds is 4. The lowest BCUT2D eigenvalue weighted by atomic mass is 10.1. The number of carbonyl (C=O) groups excluding carboxylic acids is 3. The second-order valence-corrected chi connectivity index (χ2v) is 6.46. The van der Waals surface area contributed by atoms with Gasteiger partial charge in [-0.05, 0) is 29.8 Å². The summed E-state index contributed by atoms with van der Waals surface area (Å²) in [6, 6.07) is 13.3. The number of nitrogens with zero attached hydrogens (tertiary/aromatic N) is 2. The van der Waals surface area contributed by atoms with Crippen LogP contribution in [0.25, 0.3) is 0 Å². The largest absolute Gasteiger partial charge is 0.454 e. The van der Waals surface area contributed by atoms with E-state index in [1.54, 1.807) is 36.4 Å². The minimum Gasteiger partial charge on any atom is -0.454 e. The zero-order valence-corrected chi connectivity index (χ0v) is 14.8. The molecule has 2 aromatic rings. The quantitative estimate of drug-likeness (QED) is 0.775. The number of hydrogen-bond donors (Lipinski definition) is 0. The molecular weight excluding hydrogens is 348 g/mol. The summed E-state index contributed by atoms with van der Waals surface area (Å²) < 4.78 is 10.7. The van der Waals surface area contributed by atoms with E-state index < -0.39 is 6.04 Å². The summed E-state index contributed by atoms with van der Waals surface area (Å²) >= 11 is 0. The second-order valence-electron chi connectivity index (χ2n) is 6.46. The molecule has 7 nitrogen and oxygen atoms in total. The molecular formula is C20H18N2O5. The average molecular weight is 366 g/mol. The monoisotopic (exact) mass is 366 g/mol. The van der Waals surface area contributed by atoms with Gasteiger partial charge in [-0.1, -0.05) is 24.3 Å². The molecule has 0 aromatic heterocycles. The van der Waals surface area contributed by atoms with Crippen molar-refractivity contribution in [1.29, 1.82) is 0 Å². The van der Waals surface area contributed by atoms with Crippen molar-refractivity contribution in [2.24, 2.45) is 0 Å². The van der Waals surface area contributed by atoms with Gasteiger partial charge in [0.2, 0.25) is 18.6 Å². The number of benzene rings is 2. The topological polar surface area (TPSA) is 76.2 Å². The van der Waals surface area contributed by atoms with E-state index >= 15 is 0 Å². The molecule has 0 saturated carbocycles. The summed E-state index contributed by atoms with van der Waals surface area (Å²) in [6.07, 6.45) is -0.0299. The molecule has 2 aliphatic rings. The molecule has 1 saturated heterocycles. The summed E-state index contributed by atoms with van der Waals surface area (Å²) in [6.45, 7) is 1.77. The molecule has 27 heavy (non-hydrogen) atoms. The first-order valence-corrected chi connectivity index (χ1v) is 8.62. The van der Waals surface area contributed by atoms with Gasteiger partial charge in [0.15, 0.2) is 11.5 Å². The van der Waals surface area contributed by atoms with Gasteiger partial charge in [0.25, 0.3) is 5.91 Å². The van der Waals surface area contributed by atoms with Crippen LogP contribution >= 0.6 is 0 Å². The number of anilines is 1. The van der Waals surface area contributed by atoms with Crippen molar-refractivity contribution in [3.8, 4) is 11.5 Å². The molecule has 4 rings (SSSR count). The lowest BCUT2D eigenvalue weighted by Gasteiger charge is -2.26. The molecule has 0 radical (unpaired) electrons. The molecule has 0 N–H and O–H groups in total. The summed E-state index contributed by atoms with van der Waals surface area (Å²) in [5, 5.41) is 0. The fraction of sp³-hybridized carbons (Fsp3) is 0.250. The molecule has 1 atom stereocenters. The maximum Gasteiger partial charge on any atom is 0.257 e. The molecule has 2 aliphatic heterocycles. The lowest BCUT2D eigenvalue weighted by molar-refractivity contribution is -0.137. The SMILES string of the molecule is CC(=O)N(Cc1ccc2c(c1)OCO2)C1CC(=O)N(c2ccccc2)C1=O. The van der Waals surface area contributed by atoms with Gasteiger partial charge in [0.1, 0.15) is 6.04 Å². The standard InChI is InChI=1S/C20H18N2O5/c1-13(23)21(11-14-7-8-17-18(9-14)27-12-26-17)16-10-19(24)22(20(16)25)15-5-3-2-4-6-15/h2-9,16H,10-12H2,1H3. The second kappa shape index (κ2) is 6.75. The average Bonchev–Trinajstić information content (AvgIpc) is 3.23. The molecule has 0 spiro atoms. The van der Waals surface area contributed by atoms with Crippen LogP contribution in [0.1, 0.15) is 18.9 Å². The third-order valence-corrected chi connectivity index (χ3v) is 4.71. The van der Waals surface area contributed by atoms with Crippen LogP contribution in [0.3, 0.4) is 0 Å². The molecule has 2 heterocycles. The third-order valence-electron chi connectivity index (χ3n) is 4.71. The smallest absolute Gasteiger partial charge is 0.257 e. The van der Waals surface area contributed by atoms with Gasteiger partial charge in [-0.2, -0.15) is 0 Å². The molecule has 138 valence electrons. The van der Waals surface area contributed by atoms with Gasteiger partial charge in [-0.15, -0.1) is 0 Å². The van der Waals surface area contributed by atoms with Gasteiger partial charge >= 0.3 is 0 Å². The number of para-hydroxylation sites is 1. The van der Waals surface area contributed by atoms with Crippen molar-refractivity contribution in [1.82, 2.24) is 4.90 Å². The summed E-state index contributed by atoms with van der Waals surface area (Å²) in [5.74, 6) is 0.287. The first-order chi connectivity index (χ1) is 13.0. The molecule has 0 aliphatic carbocycles. The van der Waals surface area contributed by atoms with Crippen molar-refractivity contribution < 1.29 is 23.9 Å². The van der Waals surface area contributed by atoms with E-state index in [9.17, 15) is 14.4 Å². The van der Waals surface area contributed by atoms with E-state index in [2.05, 4.69) is 0 Å². The number of carbonyl (C=O) groups is 3. The van der Waals surface area contributed by atoms with Crippen LogP contribution in [0.2, 0.25) is 0 Å². The number of amides is 3. The number of fused-ring (bicyclic) bond motifs is 1. The Morgan fingerprint density at radius 2 is 1.85 bits per heavy atom. The number of hydrogen-bond acceptors (Lipinski definition) is 5. The predicted molar refractivity (Wildman–Crippen MR) is 96.1 cm³/mol. The lowest BCUT2D eigenvalue weighted by Crippen LogP contribution is -2.44. The highest BCUT2D eigenvalue weighted by atomic mass is 16.7. The molecule has 2 aromatic carbocycles. The van der Waals surface area contributed by atoms with E-state index in [1.165, 1.54) is 11.8 Å². The fourth-order valence-electron chi connectivity index (χ4n) is 3.38. The molecule has 0 bridgehead atoms. The maximum absolute atomic E-state index is 12.9. The van der Waals surface area contributed by atoms with Crippen LogP contribution in [0.15, 0.2) is 48.5 Å². The highest BCUT2D eigenvalue weighted by Crippen LogP contribution is 2.33. The number of imide groups is 1. The van der Waals surface area contributed by atoms with E-state index in [-0.39, 0.29) is 37.5 Å². The molecule has 1 fully saturated rings. The zero-order valence-electron chi connectivity index (χ0n) is 14.8. The Kier molecular flexibility index (Phi) is 4.27. The number of ether oxygens (including phenoxy) is 2. The van der Waals surface area contributed by atoms with Gasteiger partial charge in [0.05, 0.1) is 12.1 Å². The minimum absolute atomic E-state index is 0.0299. The van der Waals surface area contributed by atoms with Crippen LogP contribution in [0.4, 0.5) is 5.69 Å². The first-order valence-electron chi connectivity index (χ1n) is 8.62. The highest BCUT2D eigenvalue weighted by molar-refractivity contribution is 6.22. The Morgan fingerprint density at radius 1 is 1.11 bits per heavy atom. The van der Waals surface area contributed by atoms with Crippen LogP contribution in [-0.4, -0.2) is 35.5 Å². The zero-order chi connectivity index (χ0) is 19.0. The Balaban J connectivity index is 1.58. The highest BCUT2D eigenvalue weighted by Gasteiger charge is 2.43. The van der Waals surface area contributed by atoms with Crippen molar-refractivity contribution >= 4 is 23.4 Å². The van der Waals surface area contributed by atoms with E-state index in [4.69, 9.17) is 9.47 Å². The van der Waals surface area contributed by atoms with Crippen molar-refractivity contribution in [2.45, 2.75) is 25.9 Å². The molecule has 1 unspecified atom stereocenters. The van der Waals surface area contributed by atoms with Crippen LogP contribution in [0.5, 0.6) is 11.5 Å². The summed E-state index contributed by atoms with van der Waals surface area (Å²) in [4.78, 5) is 40.2. The normalized spacial score (nSPS) is 18.1. The van der Waals surface area contributed by atoms with Crippen molar-refractivity contribution in [2.75, 3.05) is 11.7 Å². The van der Waals surface area contributed by atoms with E-state index in [1.807, 2.05) is 12.1 Å². The molecule has 3 amide bonds. The van der Waals surface area contributed by atoms with Gasteiger partial charge < -0.3 is 14.4 Å². The Labute approximate surface area is 156 Å². The maximum atomic E-state index is 12.9. The van der Waals surface area contributed by atoms with Crippen molar-refractivity contribution in [3.63, 3.8) is 0 Å². The van der Waals surface area contributed by atoms with E-state index in [0.717, 1.165) is 10.5 Å². The van der Waals surface area contributed by atoms with Crippen LogP contribution in [-0.2, 0) is 20.9 Å². The van der Waals surface area contributed by atoms with Gasteiger partial charge in [0, 0.05) is 13.5 Å². The molecule has 7 heteroatoms. The van der Waals surface area contributed by atoms with Crippen LogP contribution < -0.4 is 14.4 Å². The third kappa shape index (κ3) is 3.12. The van der Waals surface area contributed by atoms with Gasteiger partial charge in [-0.25, -0.2) is 4.90 Å². The summed E-state index contributed by atoms with van der Waals surface area (Å²) in [5.41, 5.74) is 1.31. The van der Waals surface area contributed by atoms with Crippen LogP contribution in [0, 0.1) is 0 Å². The summed E-state index contributed by atoms with van der Waals surface area (Å²) in [7, 11) is 0. The fourth-order valence-corrected chi connectivity index (χ4v) is 3.38. The Hall–Kier alpha value is -3.35. The predicted octanol–water partition coefficient (Wildman–Crippen LogP) is 2.10. The van der Waals surface area contributed by atoms with Crippen molar-refractivity contribution in [3.05, 3.63) is 54.1 Å². The Morgan fingerprint density at radius 3 is 2.59 bits per heavy atom.